The van der Waals surface area contributed by atoms with Gasteiger partial charge in [0.1, 0.15) is 0 Å². The smallest absolute Gasteiger partial charge is 0.254 e. The Morgan fingerprint density at radius 1 is 1.15 bits per heavy atom. The monoisotopic (exact) mass is 274 g/mol. The molecule has 0 saturated carbocycles. The Labute approximate surface area is 117 Å². The van der Waals surface area contributed by atoms with Gasteiger partial charge in [0.25, 0.3) is 5.56 Å². The summed E-state index contributed by atoms with van der Waals surface area (Å²) < 4.78 is 10.5. The lowest BCUT2D eigenvalue weighted by Gasteiger charge is -2.13. The Morgan fingerprint density at radius 3 is 2.45 bits per heavy atom. The highest BCUT2D eigenvalue weighted by Gasteiger charge is 2.15. The van der Waals surface area contributed by atoms with Gasteiger partial charge in [0.05, 0.1) is 26.2 Å². The number of benzene rings is 1. The number of methoxy groups -OCH3 is 2. The predicted molar refractivity (Wildman–Crippen MR) is 77.5 cm³/mol. The van der Waals surface area contributed by atoms with Crippen LogP contribution < -0.4 is 15.0 Å². The molecular formula is C15H18N2O3. The fourth-order valence-electron chi connectivity index (χ4n) is 2.16. The van der Waals surface area contributed by atoms with Crippen LogP contribution in [-0.4, -0.2) is 24.2 Å². The fourth-order valence-corrected chi connectivity index (χ4v) is 2.16. The molecule has 20 heavy (non-hydrogen) atoms. The van der Waals surface area contributed by atoms with Crippen molar-refractivity contribution in [2.75, 3.05) is 14.2 Å². The quantitative estimate of drug-likeness (QED) is 0.930. The van der Waals surface area contributed by atoms with Gasteiger partial charge in [-0.2, -0.15) is 0 Å². The average molecular weight is 274 g/mol. The van der Waals surface area contributed by atoms with Gasteiger partial charge in [-0.05, 0) is 24.1 Å². The van der Waals surface area contributed by atoms with Gasteiger partial charge in [-0.1, -0.05) is 13.8 Å². The van der Waals surface area contributed by atoms with E-state index in [1.165, 1.54) is 6.33 Å². The first-order chi connectivity index (χ1) is 9.58. The Morgan fingerprint density at radius 2 is 1.85 bits per heavy atom. The summed E-state index contributed by atoms with van der Waals surface area (Å²) in [7, 11) is 3.17. The summed E-state index contributed by atoms with van der Waals surface area (Å²) in [6.07, 6.45) is 1.42. The van der Waals surface area contributed by atoms with Crippen LogP contribution in [0.15, 0.2) is 29.3 Å². The first kappa shape index (κ1) is 14.1. The van der Waals surface area contributed by atoms with E-state index in [2.05, 4.69) is 9.97 Å². The number of hydrogen-bond acceptors (Lipinski definition) is 4. The van der Waals surface area contributed by atoms with Gasteiger partial charge in [0.15, 0.2) is 11.5 Å². The maximum Gasteiger partial charge on any atom is 0.254 e. The number of rotatable bonds is 4. The minimum Gasteiger partial charge on any atom is -0.493 e. The minimum atomic E-state index is -0.111. The van der Waals surface area contributed by atoms with Crippen molar-refractivity contribution < 1.29 is 9.47 Å². The molecule has 2 rings (SSSR count). The topological polar surface area (TPSA) is 64.2 Å². The Balaban J connectivity index is 2.63. The van der Waals surface area contributed by atoms with Crippen molar-refractivity contribution in [3.63, 3.8) is 0 Å². The second-order valence-corrected chi connectivity index (χ2v) is 4.72. The van der Waals surface area contributed by atoms with E-state index in [1.54, 1.807) is 20.3 Å². The molecule has 0 fully saturated rings. The summed E-state index contributed by atoms with van der Waals surface area (Å²) in [5.74, 6) is 1.34. The van der Waals surface area contributed by atoms with Crippen LogP contribution in [0.25, 0.3) is 11.3 Å². The van der Waals surface area contributed by atoms with E-state index in [1.807, 2.05) is 26.0 Å². The van der Waals surface area contributed by atoms with Crippen molar-refractivity contribution in [3.8, 4) is 22.8 Å². The molecule has 5 heteroatoms. The van der Waals surface area contributed by atoms with Crippen molar-refractivity contribution in [2.45, 2.75) is 19.8 Å². The zero-order valence-corrected chi connectivity index (χ0v) is 12.1. The van der Waals surface area contributed by atoms with E-state index in [0.717, 1.165) is 5.56 Å². The van der Waals surface area contributed by atoms with E-state index in [0.29, 0.717) is 22.8 Å². The normalized spacial score (nSPS) is 10.7. The van der Waals surface area contributed by atoms with Crippen molar-refractivity contribution in [2.24, 2.45) is 0 Å². The van der Waals surface area contributed by atoms with Crippen LogP contribution in [0.4, 0.5) is 0 Å². The molecule has 1 heterocycles. The van der Waals surface area contributed by atoms with Crippen molar-refractivity contribution in [3.05, 3.63) is 40.4 Å². The van der Waals surface area contributed by atoms with Crippen LogP contribution in [0.1, 0.15) is 25.3 Å². The van der Waals surface area contributed by atoms with E-state index < -0.39 is 0 Å². The Kier molecular flexibility index (Phi) is 4.08. The lowest BCUT2D eigenvalue weighted by Crippen LogP contribution is -2.16. The molecule has 0 bridgehead atoms. The standard InChI is InChI=1S/C15H18N2O3/c1-9(2)13-14(16-8-17-15(13)18)10-5-6-11(19-3)12(7-10)20-4/h5-9H,1-4H3,(H,16,17,18). The number of nitrogens with zero attached hydrogens (tertiary/aromatic N) is 1. The molecule has 1 aromatic carbocycles. The molecule has 0 spiro atoms. The zero-order valence-electron chi connectivity index (χ0n) is 12.1. The summed E-state index contributed by atoms with van der Waals surface area (Å²) in [5.41, 5.74) is 2.06. The van der Waals surface area contributed by atoms with Gasteiger partial charge in [-0.15, -0.1) is 0 Å². The number of hydrogen-bond donors (Lipinski definition) is 1. The molecule has 0 radical (unpaired) electrons. The van der Waals surface area contributed by atoms with Crippen LogP contribution in [-0.2, 0) is 0 Å². The molecule has 0 unspecified atom stereocenters. The number of ether oxygens (including phenoxy) is 2. The van der Waals surface area contributed by atoms with E-state index >= 15 is 0 Å². The predicted octanol–water partition coefficient (Wildman–Crippen LogP) is 2.58. The molecule has 0 atom stereocenters. The highest BCUT2D eigenvalue weighted by molar-refractivity contribution is 5.67. The molecule has 0 saturated heterocycles. The summed E-state index contributed by atoms with van der Waals surface area (Å²) in [6.45, 7) is 3.94. The van der Waals surface area contributed by atoms with Crippen LogP contribution in [0.2, 0.25) is 0 Å². The summed E-state index contributed by atoms with van der Waals surface area (Å²) in [6, 6.07) is 5.50. The molecule has 0 amide bonds. The first-order valence-corrected chi connectivity index (χ1v) is 6.38. The van der Waals surface area contributed by atoms with Gasteiger partial charge in [0.2, 0.25) is 0 Å². The fraction of sp³-hybridized carbons (Fsp3) is 0.333. The second kappa shape index (κ2) is 5.77. The first-order valence-electron chi connectivity index (χ1n) is 6.38. The van der Waals surface area contributed by atoms with Gasteiger partial charge in [0, 0.05) is 11.1 Å². The van der Waals surface area contributed by atoms with Crippen molar-refractivity contribution in [1.82, 2.24) is 9.97 Å². The average Bonchev–Trinajstić information content (AvgIpc) is 2.45. The third-order valence-electron chi connectivity index (χ3n) is 3.12. The molecular weight excluding hydrogens is 256 g/mol. The number of aromatic amines is 1. The van der Waals surface area contributed by atoms with E-state index in [4.69, 9.17) is 9.47 Å². The number of nitrogens with one attached hydrogen (secondary N) is 1. The Bertz CT molecular complexity index is 662. The molecule has 106 valence electrons. The minimum absolute atomic E-state index is 0.0792. The molecule has 0 aliphatic heterocycles. The van der Waals surface area contributed by atoms with Crippen LogP contribution in [0, 0.1) is 0 Å². The van der Waals surface area contributed by atoms with Gasteiger partial charge < -0.3 is 14.5 Å². The molecule has 0 aliphatic carbocycles. The summed E-state index contributed by atoms with van der Waals surface area (Å²) >= 11 is 0. The lowest BCUT2D eigenvalue weighted by molar-refractivity contribution is 0.355. The molecule has 2 aromatic rings. The maximum absolute atomic E-state index is 12.0. The van der Waals surface area contributed by atoms with E-state index in [9.17, 15) is 4.79 Å². The van der Waals surface area contributed by atoms with Gasteiger partial charge in [-0.25, -0.2) is 4.98 Å². The number of aromatic nitrogens is 2. The third kappa shape index (κ3) is 2.52. The van der Waals surface area contributed by atoms with Crippen LogP contribution in [0.5, 0.6) is 11.5 Å². The summed E-state index contributed by atoms with van der Waals surface area (Å²) in [5, 5.41) is 0. The third-order valence-corrected chi connectivity index (χ3v) is 3.12. The highest BCUT2D eigenvalue weighted by atomic mass is 16.5. The summed E-state index contributed by atoms with van der Waals surface area (Å²) in [4.78, 5) is 18.9. The van der Waals surface area contributed by atoms with Gasteiger partial charge in [-0.3, -0.25) is 4.79 Å². The SMILES string of the molecule is COc1ccc(-c2nc[nH]c(=O)c2C(C)C)cc1OC. The number of H-pyrrole nitrogens is 1. The maximum atomic E-state index is 12.0. The molecule has 1 N–H and O–H groups in total. The highest BCUT2D eigenvalue weighted by Crippen LogP contribution is 2.33. The molecule has 0 aliphatic rings. The Hall–Kier alpha value is -2.30. The lowest BCUT2D eigenvalue weighted by atomic mass is 9.98. The second-order valence-electron chi connectivity index (χ2n) is 4.72. The van der Waals surface area contributed by atoms with Crippen LogP contribution in [0.3, 0.4) is 0 Å². The van der Waals surface area contributed by atoms with Crippen molar-refractivity contribution >= 4 is 0 Å². The van der Waals surface area contributed by atoms with Crippen molar-refractivity contribution in [1.29, 1.82) is 0 Å². The van der Waals surface area contributed by atoms with Crippen LogP contribution >= 0.6 is 0 Å². The van der Waals surface area contributed by atoms with Gasteiger partial charge >= 0.3 is 0 Å². The molecule has 5 nitrogen and oxygen atoms in total. The largest absolute Gasteiger partial charge is 0.493 e. The zero-order chi connectivity index (χ0) is 14.7. The van der Waals surface area contributed by atoms with E-state index in [-0.39, 0.29) is 11.5 Å². The molecule has 1 aromatic heterocycles.